The van der Waals surface area contributed by atoms with Crippen LogP contribution in [0.5, 0.6) is 0 Å². The van der Waals surface area contributed by atoms with Gasteiger partial charge in [0.25, 0.3) is 0 Å². The van der Waals surface area contributed by atoms with Crippen molar-refractivity contribution in [2.75, 3.05) is 7.05 Å². The number of hydrogen-bond acceptors (Lipinski definition) is 4. The summed E-state index contributed by atoms with van der Waals surface area (Å²) in [6, 6.07) is 10.2. The summed E-state index contributed by atoms with van der Waals surface area (Å²) < 4.78 is 0. The molecule has 0 unspecified atom stereocenters. The van der Waals surface area contributed by atoms with Crippen LogP contribution < -0.4 is 5.32 Å². The van der Waals surface area contributed by atoms with Gasteiger partial charge >= 0.3 is 0 Å². The second-order valence-electron chi connectivity index (χ2n) is 3.93. The zero-order chi connectivity index (χ0) is 14.3. The number of carbonyl (C=O) groups excluding carboxylic acids is 3. The van der Waals surface area contributed by atoms with Gasteiger partial charge in [0.1, 0.15) is 0 Å². The van der Waals surface area contributed by atoms with Gasteiger partial charge in [-0.15, -0.1) is 0 Å². The van der Waals surface area contributed by atoms with Gasteiger partial charge in [0.15, 0.2) is 17.5 Å². The predicted molar refractivity (Wildman–Crippen MR) is 68.2 cm³/mol. The highest BCUT2D eigenvalue weighted by Gasteiger charge is 2.25. The first-order valence-corrected chi connectivity index (χ1v) is 5.82. The van der Waals surface area contributed by atoms with Gasteiger partial charge in [0.05, 0.1) is 6.07 Å². The summed E-state index contributed by atoms with van der Waals surface area (Å²) in [6.07, 6.45) is -0.114. The topological polar surface area (TPSA) is 87.0 Å². The van der Waals surface area contributed by atoms with E-state index in [0.717, 1.165) is 0 Å². The molecule has 98 valence electrons. The summed E-state index contributed by atoms with van der Waals surface area (Å²) in [5.41, 5.74) is 0.517. The van der Waals surface area contributed by atoms with Crippen LogP contribution >= 0.6 is 0 Å². The van der Waals surface area contributed by atoms with Crippen LogP contribution in [-0.4, -0.2) is 24.5 Å². The molecule has 1 atom stereocenters. The summed E-state index contributed by atoms with van der Waals surface area (Å²) in [5.74, 6) is -2.69. The highest BCUT2D eigenvalue weighted by molar-refractivity contribution is 6.06. The molecule has 1 aromatic rings. The molecule has 5 heteroatoms. The van der Waals surface area contributed by atoms with Crippen LogP contribution in [0.25, 0.3) is 0 Å². The number of nitriles is 1. The summed E-state index contributed by atoms with van der Waals surface area (Å²) in [7, 11) is 1.36. The van der Waals surface area contributed by atoms with Gasteiger partial charge in [0.2, 0.25) is 5.91 Å². The van der Waals surface area contributed by atoms with Crippen LogP contribution in [0.4, 0.5) is 0 Å². The van der Waals surface area contributed by atoms with E-state index in [9.17, 15) is 14.4 Å². The Balaban J connectivity index is 2.58. The van der Waals surface area contributed by atoms with E-state index in [0.29, 0.717) is 5.56 Å². The fraction of sp³-hybridized carbons (Fsp3) is 0.286. The van der Waals surface area contributed by atoms with Crippen molar-refractivity contribution < 1.29 is 14.4 Å². The minimum atomic E-state index is -1.34. The van der Waals surface area contributed by atoms with E-state index >= 15 is 0 Å². The lowest BCUT2D eigenvalue weighted by Gasteiger charge is -2.06. The molecule has 1 rings (SSSR count). The fourth-order valence-corrected chi connectivity index (χ4v) is 1.57. The highest BCUT2D eigenvalue weighted by atomic mass is 16.2. The van der Waals surface area contributed by atoms with Crippen molar-refractivity contribution in [3.8, 4) is 6.07 Å². The van der Waals surface area contributed by atoms with Gasteiger partial charge in [-0.05, 0) is 0 Å². The van der Waals surface area contributed by atoms with Crippen LogP contribution in [0, 0.1) is 17.2 Å². The second kappa shape index (κ2) is 7.07. The first kappa shape index (κ1) is 14.6. The van der Waals surface area contributed by atoms with Crippen LogP contribution in [0.1, 0.15) is 23.2 Å². The molecule has 19 heavy (non-hydrogen) atoms. The third-order valence-corrected chi connectivity index (χ3v) is 2.65. The molecule has 0 aromatic heterocycles. The smallest absolute Gasteiger partial charge is 0.244 e. The molecule has 0 fully saturated rings. The number of benzene rings is 1. The molecule has 0 bridgehead atoms. The van der Waals surface area contributed by atoms with E-state index in [-0.39, 0.29) is 18.6 Å². The molecule has 0 radical (unpaired) electrons. The Morgan fingerprint density at radius 2 is 1.84 bits per heavy atom. The minimum Gasteiger partial charge on any atom is -0.358 e. The van der Waals surface area contributed by atoms with Crippen molar-refractivity contribution in [1.29, 1.82) is 5.26 Å². The SMILES string of the molecule is CNC(=O)[C@H](C#N)C(=O)CCC(=O)c1ccccc1. The van der Waals surface area contributed by atoms with Gasteiger partial charge in [0, 0.05) is 25.5 Å². The molecule has 0 aliphatic heterocycles. The van der Waals surface area contributed by atoms with Crippen molar-refractivity contribution >= 4 is 17.5 Å². The Labute approximate surface area is 111 Å². The van der Waals surface area contributed by atoms with Gasteiger partial charge < -0.3 is 5.32 Å². The number of amides is 1. The van der Waals surface area contributed by atoms with Crippen molar-refractivity contribution in [1.82, 2.24) is 5.32 Å². The molecule has 0 saturated heterocycles. The van der Waals surface area contributed by atoms with E-state index in [2.05, 4.69) is 5.32 Å². The lowest BCUT2D eigenvalue weighted by molar-refractivity contribution is -0.131. The second-order valence-corrected chi connectivity index (χ2v) is 3.93. The average Bonchev–Trinajstić information content (AvgIpc) is 2.46. The Kier molecular flexibility index (Phi) is 5.42. The van der Waals surface area contributed by atoms with E-state index < -0.39 is 17.6 Å². The first-order valence-electron chi connectivity index (χ1n) is 5.82. The van der Waals surface area contributed by atoms with Crippen LogP contribution in [0.2, 0.25) is 0 Å². The molecule has 1 aromatic carbocycles. The van der Waals surface area contributed by atoms with Gasteiger partial charge in [-0.25, -0.2) is 0 Å². The largest absolute Gasteiger partial charge is 0.358 e. The molecular weight excluding hydrogens is 244 g/mol. The first-order chi connectivity index (χ1) is 9.10. The molecule has 1 amide bonds. The van der Waals surface area contributed by atoms with E-state index in [4.69, 9.17) is 5.26 Å². The summed E-state index contributed by atoms with van der Waals surface area (Å²) in [4.78, 5) is 34.7. The maximum atomic E-state index is 11.8. The zero-order valence-electron chi connectivity index (χ0n) is 10.6. The summed E-state index contributed by atoms with van der Waals surface area (Å²) >= 11 is 0. The molecule has 0 spiro atoms. The molecule has 0 saturated carbocycles. The predicted octanol–water partition coefficient (Wildman–Crippen LogP) is 1.10. The maximum absolute atomic E-state index is 11.8. The Bertz CT molecular complexity index is 517. The standard InChI is InChI=1S/C14H14N2O3/c1-16-14(19)11(9-15)13(18)8-7-12(17)10-5-3-2-4-6-10/h2-6,11H,7-8H2,1H3,(H,16,19)/t11-/m1/s1. The van der Waals surface area contributed by atoms with Crippen LogP contribution in [-0.2, 0) is 9.59 Å². The molecule has 0 aliphatic rings. The monoisotopic (exact) mass is 258 g/mol. The van der Waals surface area contributed by atoms with Gasteiger partial charge in [-0.2, -0.15) is 5.26 Å². The summed E-state index contributed by atoms with van der Waals surface area (Å²) in [6.45, 7) is 0. The number of carbonyl (C=O) groups is 3. The molecular formula is C14H14N2O3. The van der Waals surface area contributed by atoms with E-state index in [1.165, 1.54) is 7.05 Å². The van der Waals surface area contributed by atoms with Crippen LogP contribution in [0.15, 0.2) is 30.3 Å². The third-order valence-electron chi connectivity index (χ3n) is 2.65. The lowest BCUT2D eigenvalue weighted by atomic mass is 9.98. The maximum Gasteiger partial charge on any atom is 0.244 e. The Morgan fingerprint density at radius 3 is 2.37 bits per heavy atom. The van der Waals surface area contributed by atoms with Crippen molar-refractivity contribution in [2.24, 2.45) is 5.92 Å². The van der Waals surface area contributed by atoms with Crippen molar-refractivity contribution in [2.45, 2.75) is 12.8 Å². The summed E-state index contributed by atoms with van der Waals surface area (Å²) in [5, 5.41) is 11.0. The van der Waals surface area contributed by atoms with Gasteiger partial charge in [-0.1, -0.05) is 30.3 Å². The number of nitrogens with zero attached hydrogens (tertiary/aromatic N) is 1. The van der Waals surface area contributed by atoms with Gasteiger partial charge in [-0.3, -0.25) is 14.4 Å². The number of ketones is 2. The van der Waals surface area contributed by atoms with E-state index in [1.807, 2.05) is 0 Å². The average molecular weight is 258 g/mol. The minimum absolute atomic E-state index is 0.00196. The lowest BCUT2D eigenvalue weighted by Crippen LogP contribution is -2.32. The number of nitrogens with one attached hydrogen (secondary N) is 1. The number of rotatable bonds is 6. The van der Waals surface area contributed by atoms with Crippen LogP contribution in [0.3, 0.4) is 0 Å². The highest BCUT2D eigenvalue weighted by Crippen LogP contribution is 2.09. The fourth-order valence-electron chi connectivity index (χ4n) is 1.57. The normalized spacial score (nSPS) is 11.2. The molecule has 0 heterocycles. The molecule has 5 nitrogen and oxygen atoms in total. The molecule has 0 aliphatic carbocycles. The Morgan fingerprint density at radius 1 is 1.21 bits per heavy atom. The zero-order valence-corrected chi connectivity index (χ0v) is 10.6. The third kappa shape index (κ3) is 4.03. The van der Waals surface area contributed by atoms with Crippen molar-refractivity contribution in [3.63, 3.8) is 0 Å². The number of Topliss-reactive ketones (excluding diaryl/α,β-unsaturated/α-hetero) is 2. The van der Waals surface area contributed by atoms with E-state index in [1.54, 1.807) is 36.4 Å². The Hall–Kier alpha value is -2.48. The number of hydrogen-bond donors (Lipinski definition) is 1. The quantitative estimate of drug-likeness (QED) is 0.611. The van der Waals surface area contributed by atoms with Crippen molar-refractivity contribution in [3.05, 3.63) is 35.9 Å². The molecule has 1 N–H and O–H groups in total.